The predicted octanol–water partition coefficient (Wildman–Crippen LogP) is 1.89. The van der Waals surface area contributed by atoms with E-state index in [0.717, 1.165) is 43.3 Å². The third-order valence-corrected chi connectivity index (χ3v) is 3.58. The molecule has 1 aliphatic heterocycles. The number of rotatable bonds is 4. The van der Waals surface area contributed by atoms with Gasteiger partial charge in [-0.1, -0.05) is 12.1 Å². The first kappa shape index (κ1) is 15.1. The van der Waals surface area contributed by atoms with Crippen molar-refractivity contribution in [2.75, 3.05) is 18.0 Å². The molecule has 2 N–H and O–H groups in total. The van der Waals surface area contributed by atoms with Crippen molar-refractivity contribution < 1.29 is 14.7 Å². The van der Waals surface area contributed by atoms with Crippen LogP contribution >= 0.6 is 0 Å². The molecule has 5 nitrogen and oxygen atoms in total. The number of carboxylic acids is 1. The van der Waals surface area contributed by atoms with Gasteiger partial charge in [-0.15, -0.1) is 0 Å². The van der Waals surface area contributed by atoms with Crippen LogP contribution in [0.5, 0.6) is 0 Å². The number of aliphatic carboxylic acids is 1. The number of amides is 1. The summed E-state index contributed by atoms with van der Waals surface area (Å²) in [5, 5.41) is 11.6. The molecule has 1 aliphatic rings. The smallest absolute Gasteiger partial charge is 0.328 e. The Morgan fingerprint density at radius 2 is 1.86 bits per heavy atom. The fourth-order valence-electron chi connectivity index (χ4n) is 2.53. The molecule has 2 rings (SSSR count). The third kappa shape index (κ3) is 4.63. The summed E-state index contributed by atoms with van der Waals surface area (Å²) in [6.45, 7) is 3.38. The standard InChI is InChI=1S/C16H20N2O3/c1-12(19)17-14-8-10-18(11-9-14)15-5-2-13(3-6-15)4-7-16(20)21/h2-7,14H,8-11H2,1H3,(H,17,19)(H,20,21)/b7-4+. The van der Waals surface area contributed by atoms with E-state index in [4.69, 9.17) is 5.11 Å². The van der Waals surface area contributed by atoms with Gasteiger partial charge in [-0.25, -0.2) is 4.79 Å². The number of carbonyl (C=O) groups is 2. The van der Waals surface area contributed by atoms with Crippen molar-refractivity contribution in [3.8, 4) is 0 Å². The Labute approximate surface area is 124 Å². The predicted molar refractivity (Wildman–Crippen MR) is 82.2 cm³/mol. The van der Waals surface area contributed by atoms with Crippen molar-refractivity contribution in [2.24, 2.45) is 0 Å². The molecule has 0 saturated carbocycles. The van der Waals surface area contributed by atoms with E-state index in [-0.39, 0.29) is 11.9 Å². The number of nitrogens with one attached hydrogen (secondary N) is 1. The maximum Gasteiger partial charge on any atom is 0.328 e. The first-order valence-electron chi connectivity index (χ1n) is 7.08. The molecule has 0 aliphatic carbocycles. The van der Waals surface area contributed by atoms with Crippen LogP contribution in [0.2, 0.25) is 0 Å². The Balaban J connectivity index is 1.92. The lowest BCUT2D eigenvalue weighted by atomic mass is 10.0. The van der Waals surface area contributed by atoms with Crippen LogP contribution in [0.15, 0.2) is 30.3 Å². The van der Waals surface area contributed by atoms with Crippen LogP contribution in [0.25, 0.3) is 6.08 Å². The van der Waals surface area contributed by atoms with Crippen LogP contribution in [-0.4, -0.2) is 36.1 Å². The zero-order chi connectivity index (χ0) is 15.2. The molecule has 0 radical (unpaired) electrons. The van der Waals surface area contributed by atoms with Gasteiger partial charge in [-0.3, -0.25) is 4.79 Å². The largest absolute Gasteiger partial charge is 0.478 e. The highest BCUT2D eigenvalue weighted by molar-refractivity contribution is 5.85. The SMILES string of the molecule is CC(=O)NC1CCN(c2ccc(/C=C/C(=O)O)cc2)CC1. The number of hydrogen-bond acceptors (Lipinski definition) is 3. The van der Waals surface area contributed by atoms with Gasteiger partial charge in [0.1, 0.15) is 0 Å². The van der Waals surface area contributed by atoms with Crippen LogP contribution in [0.1, 0.15) is 25.3 Å². The summed E-state index contributed by atoms with van der Waals surface area (Å²) >= 11 is 0. The van der Waals surface area contributed by atoms with Gasteiger partial charge in [0.25, 0.3) is 0 Å². The Hall–Kier alpha value is -2.30. The van der Waals surface area contributed by atoms with Gasteiger partial charge in [-0.05, 0) is 36.6 Å². The highest BCUT2D eigenvalue weighted by Gasteiger charge is 2.19. The second-order valence-electron chi connectivity index (χ2n) is 5.22. The molecule has 0 spiro atoms. The van der Waals surface area contributed by atoms with E-state index in [1.807, 2.05) is 24.3 Å². The minimum absolute atomic E-state index is 0.0306. The zero-order valence-corrected chi connectivity index (χ0v) is 12.1. The lowest BCUT2D eigenvalue weighted by Crippen LogP contribution is -2.44. The molecule has 0 aromatic heterocycles. The van der Waals surface area contributed by atoms with Crippen LogP contribution in [0.4, 0.5) is 5.69 Å². The summed E-state index contributed by atoms with van der Waals surface area (Å²) in [4.78, 5) is 23.8. The first-order valence-corrected chi connectivity index (χ1v) is 7.08. The van der Waals surface area contributed by atoms with Gasteiger partial charge in [-0.2, -0.15) is 0 Å². The van der Waals surface area contributed by atoms with Gasteiger partial charge in [0.2, 0.25) is 5.91 Å². The quantitative estimate of drug-likeness (QED) is 0.830. The van der Waals surface area contributed by atoms with Crippen LogP contribution in [0, 0.1) is 0 Å². The topological polar surface area (TPSA) is 69.6 Å². The van der Waals surface area contributed by atoms with Crippen molar-refractivity contribution >= 4 is 23.6 Å². The number of piperidine rings is 1. The number of hydrogen-bond donors (Lipinski definition) is 2. The maximum atomic E-state index is 11.0. The van der Waals surface area contributed by atoms with Gasteiger partial charge < -0.3 is 15.3 Å². The number of nitrogens with zero attached hydrogens (tertiary/aromatic N) is 1. The van der Waals surface area contributed by atoms with Crippen molar-refractivity contribution in [2.45, 2.75) is 25.8 Å². The molecule has 0 bridgehead atoms. The van der Waals surface area contributed by atoms with E-state index >= 15 is 0 Å². The highest BCUT2D eigenvalue weighted by Crippen LogP contribution is 2.21. The van der Waals surface area contributed by atoms with E-state index in [0.29, 0.717) is 0 Å². The molecule has 1 aromatic carbocycles. The molecule has 5 heteroatoms. The van der Waals surface area contributed by atoms with Gasteiger partial charge in [0, 0.05) is 37.8 Å². The number of anilines is 1. The van der Waals surface area contributed by atoms with E-state index in [1.54, 1.807) is 13.0 Å². The van der Waals surface area contributed by atoms with E-state index in [2.05, 4.69) is 10.2 Å². The number of benzene rings is 1. The summed E-state index contributed by atoms with van der Waals surface area (Å²) in [5.74, 6) is -0.915. The highest BCUT2D eigenvalue weighted by atomic mass is 16.4. The number of carboxylic acid groups (broad SMARTS) is 1. The molecule has 1 amide bonds. The zero-order valence-electron chi connectivity index (χ0n) is 12.1. The fraction of sp³-hybridized carbons (Fsp3) is 0.375. The molecule has 0 unspecified atom stereocenters. The molecule has 21 heavy (non-hydrogen) atoms. The fourth-order valence-corrected chi connectivity index (χ4v) is 2.53. The molecule has 112 valence electrons. The first-order chi connectivity index (χ1) is 10.0. The summed E-state index contributed by atoms with van der Waals surface area (Å²) in [6, 6.07) is 8.10. The summed E-state index contributed by atoms with van der Waals surface area (Å²) in [7, 11) is 0. The van der Waals surface area contributed by atoms with Crippen LogP contribution in [0.3, 0.4) is 0 Å². The van der Waals surface area contributed by atoms with Crippen molar-refractivity contribution in [1.29, 1.82) is 0 Å². The number of carbonyl (C=O) groups excluding carboxylic acids is 1. The Kier molecular flexibility index (Phi) is 4.98. The van der Waals surface area contributed by atoms with Crippen LogP contribution in [-0.2, 0) is 9.59 Å². The van der Waals surface area contributed by atoms with Gasteiger partial charge in [0.15, 0.2) is 0 Å². The molecule has 1 saturated heterocycles. The average molecular weight is 288 g/mol. The normalized spacial score (nSPS) is 16.1. The Morgan fingerprint density at radius 1 is 1.24 bits per heavy atom. The molecule has 1 heterocycles. The van der Waals surface area contributed by atoms with E-state index in [9.17, 15) is 9.59 Å². The van der Waals surface area contributed by atoms with Gasteiger partial charge in [0.05, 0.1) is 0 Å². The van der Waals surface area contributed by atoms with Gasteiger partial charge >= 0.3 is 5.97 Å². The minimum Gasteiger partial charge on any atom is -0.478 e. The monoisotopic (exact) mass is 288 g/mol. The lowest BCUT2D eigenvalue weighted by Gasteiger charge is -2.33. The molecule has 1 aromatic rings. The second-order valence-corrected chi connectivity index (χ2v) is 5.22. The van der Waals surface area contributed by atoms with Crippen molar-refractivity contribution in [1.82, 2.24) is 5.32 Å². The van der Waals surface area contributed by atoms with E-state index in [1.165, 1.54) is 0 Å². The maximum absolute atomic E-state index is 11.0. The molecular formula is C16H20N2O3. The summed E-state index contributed by atoms with van der Waals surface area (Å²) in [6.07, 6.45) is 4.60. The Bertz CT molecular complexity index is 529. The molecular weight excluding hydrogens is 268 g/mol. The summed E-state index contributed by atoms with van der Waals surface area (Å²) < 4.78 is 0. The van der Waals surface area contributed by atoms with E-state index < -0.39 is 5.97 Å². The third-order valence-electron chi connectivity index (χ3n) is 3.58. The second kappa shape index (κ2) is 6.92. The average Bonchev–Trinajstić information content (AvgIpc) is 2.46. The Morgan fingerprint density at radius 3 is 2.38 bits per heavy atom. The van der Waals surface area contributed by atoms with Crippen molar-refractivity contribution in [3.05, 3.63) is 35.9 Å². The summed E-state index contributed by atoms with van der Waals surface area (Å²) in [5.41, 5.74) is 2.00. The lowest BCUT2D eigenvalue weighted by molar-refractivity contribution is -0.131. The molecule has 1 fully saturated rings. The molecule has 0 atom stereocenters. The van der Waals surface area contributed by atoms with Crippen molar-refractivity contribution in [3.63, 3.8) is 0 Å². The minimum atomic E-state index is -0.945. The van der Waals surface area contributed by atoms with Crippen LogP contribution < -0.4 is 10.2 Å².